The van der Waals surface area contributed by atoms with E-state index >= 15 is 0 Å². The van der Waals surface area contributed by atoms with Crippen molar-refractivity contribution < 1.29 is 9.31 Å². The van der Waals surface area contributed by atoms with E-state index in [0.29, 0.717) is 5.92 Å². The average molecular weight is 322 g/mol. The highest BCUT2D eigenvalue weighted by Crippen LogP contribution is 2.38. The lowest BCUT2D eigenvalue weighted by atomic mass is 9.76. The molecule has 1 rings (SSSR count). The van der Waals surface area contributed by atoms with Gasteiger partial charge in [-0.2, -0.15) is 0 Å². The van der Waals surface area contributed by atoms with Crippen LogP contribution < -0.4 is 5.73 Å². The van der Waals surface area contributed by atoms with Gasteiger partial charge in [-0.25, -0.2) is 0 Å². The van der Waals surface area contributed by atoms with E-state index in [-0.39, 0.29) is 11.2 Å². The SMILES string of the molecule is CCCC(CCC)CN=C(C)/C(=C\N)B1OC(C)(C)C(C)(C)O1. The maximum atomic E-state index is 6.09. The van der Waals surface area contributed by atoms with Crippen LogP contribution in [0.25, 0.3) is 0 Å². The number of hydrogen-bond acceptors (Lipinski definition) is 4. The first-order valence-electron chi connectivity index (χ1n) is 8.97. The second kappa shape index (κ2) is 8.34. The lowest BCUT2D eigenvalue weighted by Gasteiger charge is -2.32. The average Bonchev–Trinajstić information content (AvgIpc) is 2.65. The predicted molar refractivity (Wildman–Crippen MR) is 99.6 cm³/mol. The molecule has 0 bridgehead atoms. The summed E-state index contributed by atoms with van der Waals surface area (Å²) in [7, 11) is -0.440. The molecule has 2 N–H and O–H groups in total. The van der Waals surface area contributed by atoms with Gasteiger partial charge in [0.25, 0.3) is 0 Å². The van der Waals surface area contributed by atoms with E-state index in [1.54, 1.807) is 6.20 Å². The molecule has 0 atom stereocenters. The highest BCUT2D eigenvalue weighted by atomic mass is 16.7. The van der Waals surface area contributed by atoms with Crippen molar-refractivity contribution in [1.82, 2.24) is 0 Å². The number of nitrogens with two attached hydrogens (primary N) is 1. The van der Waals surface area contributed by atoms with Gasteiger partial charge in [-0.1, -0.05) is 26.7 Å². The fraction of sp³-hybridized carbons (Fsp3) is 0.833. The Kier molecular flexibility index (Phi) is 7.34. The molecule has 4 nitrogen and oxygen atoms in total. The molecule has 1 aliphatic heterocycles. The lowest BCUT2D eigenvalue weighted by Crippen LogP contribution is -2.41. The maximum absolute atomic E-state index is 6.09. The first kappa shape index (κ1) is 20.2. The smallest absolute Gasteiger partial charge is 0.405 e. The summed E-state index contributed by atoms with van der Waals surface area (Å²) < 4.78 is 12.2. The summed E-state index contributed by atoms with van der Waals surface area (Å²) in [6, 6.07) is 0. The summed E-state index contributed by atoms with van der Waals surface area (Å²) in [5.74, 6) is 0.650. The number of nitrogens with zero attached hydrogens (tertiary/aromatic N) is 1. The third-order valence-electron chi connectivity index (χ3n) is 5.09. The van der Waals surface area contributed by atoms with Crippen LogP contribution in [0.5, 0.6) is 0 Å². The van der Waals surface area contributed by atoms with Crippen LogP contribution in [0, 0.1) is 5.92 Å². The van der Waals surface area contributed by atoms with Gasteiger partial charge in [0.1, 0.15) is 0 Å². The van der Waals surface area contributed by atoms with Crippen LogP contribution in [0.4, 0.5) is 0 Å². The quantitative estimate of drug-likeness (QED) is 0.540. The molecule has 0 aromatic rings. The van der Waals surface area contributed by atoms with Crippen molar-refractivity contribution in [1.29, 1.82) is 0 Å². The Hall–Kier alpha value is -0.805. The van der Waals surface area contributed by atoms with E-state index in [1.165, 1.54) is 25.7 Å². The molecule has 1 saturated heterocycles. The molecular formula is C18H35BN2O2. The first-order chi connectivity index (χ1) is 10.7. The van der Waals surface area contributed by atoms with Gasteiger partial charge in [0.15, 0.2) is 0 Å². The molecule has 1 aliphatic rings. The Morgan fingerprint density at radius 3 is 1.96 bits per heavy atom. The Bertz CT molecular complexity index is 422. The van der Waals surface area contributed by atoms with Crippen LogP contribution >= 0.6 is 0 Å². The molecule has 0 aromatic carbocycles. The third-order valence-corrected chi connectivity index (χ3v) is 5.09. The fourth-order valence-corrected chi connectivity index (χ4v) is 2.84. The molecule has 0 radical (unpaired) electrons. The van der Waals surface area contributed by atoms with Crippen molar-refractivity contribution in [3.63, 3.8) is 0 Å². The number of hydrogen-bond donors (Lipinski definition) is 1. The van der Waals surface area contributed by atoms with Crippen LogP contribution in [-0.4, -0.2) is 30.6 Å². The second-order valence-corrected chi connectivity index (χ2v) is 7.58. The Morgan fingerprint density at radius 2 is 1.57 bits per heavy atom. The van der Waals surface area contributed by atoms with Crippen molar-refractivity contribution >= 4 is 12.8 Å². The van der Waals surface area contributed by atoms with E-state index in [4.69, 9.17) is 20.0 Å². The van der Waals surface area contributed by atoms with Gasteiger partial charge in [-0.15, -0.1) is 0 Å². The van der Waals surface area contributed by atoms with Gasteiger partial charge in [-0.05, 0) is 59.6 Å². The van der Waals surface area contributed by atoms with Crippen LogP contribution in [0.15, 0.2) is 16.7 Å². The minimum absolute atomic E-state index is 0.362. The Labute approximate surface area is 143 Å². The summed E-state index contributed by atoms with van der Waals surface area (Å²) >= 11 is 0. The maximum Gasteiger partial charge on any atom is 0.498 e. The van der Waals surface area contributed by atoms with E-state index in [1.807, 2.05) is 34.6 Å². The first-order valence-corrected chi connectivity index (χ1v) is 8.97. The van der Waals surface area contributed by atoms with E-state index < -0.39 is 7.12 Å². The Morgan fingerprint density at radius 1 is 1.09 bits per heavy atom. The van der Waals surface area contributed by atoms with Crippen molar-refractivity contribution in [2.24, 2.45) is 16.6 Å². The van der Waals surface area contributed by atoms with E-state index in [2.05, 4.69) is 13.8 Å². The van der Waals surface area contributed by atoms with Crippen LogP contribution in [-0.2, 0) is 9.31 Å². The monoisotopic (exact) mass is 322 g/mol. The van der Waals surface area contributed by atoms with Crippen LogP contribution in [0.3, 0.4) is 0 Å². The van der Waals surface area contributed by atoms with Crippen molar-refractivity contribution in [3.8, 4) is 0 Å². The standard InChI is InChI=1S/C18H35BN2O2/c1-8-10-15(11-9-2)13-21-14(3)16(12-20)19-22-17(4,5)18(6,7)23-19/h12,15H,8-11,13,20H2,1-7H3/b16-12+,21-14?. The molecule has 23 heavy (non-hydrogen) atoms. The number of rotatable bonds is 8. The summed E-state index contributed by atoms with van der Waals surface area (Å²) in [5.41, 5.74) is 6.89. The molecule has 0 spiro atoms. The second-order valence-electron chi connectivity index (χ2n) is 7.58. The molecular weight excluding hydrogens is 287 g/mol. The summed E-state index contributed by atoms with van der Waals surface area (Å²) in [4.78, 5) is 4.78. The Balaban J connectivity index is 2.80. The minimum atomic E-state index is -0.440. The summed E-state index contributed by atoms with van der Waals surface area (Å²) in [6.45, 7) is 15.5. The van der Waals surface area contributed by atoms with Gasteiger partial charge in [0.05, 0.1) is 11.2 Å². The molecule has 0 amide bonds. The van der Waals surface area contributed by atoms with Gasteiger partial charge >= 0.3 is 7.12 Å². The van der Waals surface area contributed by atoms with Gasteiger partial charge in [-0.3, -0.25) is 4.99 Å². The van der Waals surface area contributed by atoms with Crippen molar-refractivity contribution in [3.05, 3.63) is 11.7 Å². The minimum Gasteiger partial charge on any atom is -0.405 e. The topological polar surface area (TPSA) is 56.8 Å². The van der Waals surface area contributed by atoms with Crippen molar-refractivity contribution in [2.45, 2.75) is 85.4 Å². The largest absolute Gasteiger partial charge is 0.498 e. The zero-order valence-electron chi connectivity index (χ0n) is 16.1. The molecule has 1 fully saturated rings. The molecule has 5 heteroatoms. The van der Waals surface area contributed by atoms with Crippen molar-refractivity contribution in [2.75, 3.05) is 6.54 Å². The summed E-state index contributed by atoms with van der Waals surface area (Å²) in [5, 5.41) is 0. The van der Waals surface area contributed by atoms with Gasteiger partial charge in [0, 0.05) is 17.7 Å². The predicted octanol–water partition coefficient (Wildman–Crippen LogP) is 4.14. The molecule has 0 aliphatic carbocycles. The zero-order chi connectivity index (χ0) is 17.7. The lowest BCUT2D eigenvalue weighted by molar-refractivity contribution is 0.00578. The van der Waals surface area contributed by atoms with Crippen LogP contribution in [0.1, 0.15) is 74.1 Å². The fourth-order valence-electron chi connectivity index (χ4n) is 2.84. The van der Waals surface area contributed by atoms with Crippen LogP contribution in [0.2, 0.25) is 0 Å². The normalized spacial score (nSPS) is 21.3. The van der Waals surface area contributed by atoms with E-state index in [0.717, 1.165) is 17.7 Å². The molecule has 1 heterocycles. The zero-order valence-corrected chi connectivity index (χ0v) is 16.1. The summed E-state index contributed by atoms with van der Waals surface area (Å²) in [6.07, 6.45) is 6.44. The molecule has 132 valence electrons. The van der Waals surface area contributed by atoms with E-state index in [9.17, 15) is 0 Å². The highest BCUT2D eigenvalue weighted by Gasteiger charge is 2.52. The van der Waals surface area contributed by atoms with Gasteiger partial charge < -0.3 is 15.0 Å². The number of aliphatic imine (C=N–C) groups is 1. The molecule has 0 unspecified atom stereocenters. The molecule has 0 saturated carbocycles. The number of allylic oxidation sites excluding steroid dienone is 1. The third kappa shape index (κ3) is 5.08. The molecule has 0 aromatic heterocycles. The van der Waals surface area contributed by atoms with Gasteiger partial charge in [0.2, 0.25) is 0 Å². The highest BCUT2D eigenvalue weighted by molar-refractivity contribution is 6.62.